The molecule has 0 saturated heterocycles. The summed E-state index contributed by atoms with van der Waals surface area (Å²) in [5, 5.41) is 8.73. The molecule has 0 saturated carbocycles. The number of halogens is 1. The molecular weight excluding hydrogens is 318 g/mol. The number of aliphatic hydroxyl groups is 1. The monoisotopic (exact) mass is 333 g/mol. The first-order valence-electron chi connectivity index (χ1n) is 5.81. The molecule has 1 rings (SSSR count). The average Bonchev–Trinajstić information content (AvgIpc) is 2.35. The number of sulfonamides is 1. The van der Waals surface area contributed by atoms with Gasteiger partial charge in [0.1, 0.15) is 11.5 Å². The summed E-state index contributed by atoms with van der Waals surface area (Å²) in [6.07, 6.45) is 1.91. The first kappa shape index (κ1) is 17.3. The van der Waals surface area contributed by atoms with Crippen molar-refractivity contribution in [3.63, 3.8) is 0 Å². The highest BCUT2D eigenvalue weighted by Crippen LogP contribution is 2.22. The predicted molar refractivity (Wildman–Crippen MR) is 83.6 cm³/mol. The van der Waals surface area contributed by atoms with E-state index in [1.165, 1.54) is 12.1 Å². The lowest BCUT2D eigenvalue weighted by Gasteiger charge is -2.14. The molecule has 0 aromatic heterocycles. The van der Waals surface area contributed by atoms with Crippen LogP contribution < -0.4 is 4.72 Å². The summed E-state index contributed by atoms with van der Waals surface area (Å²) in [5.74, 6) is 5.83. The second kappa shape index (κ2) is 7.91. The first-order chi connectivity index (χ1) is 9.40. The largest absolute Gasteiger partial charge is 0.384 e. The van der Waals surface area contributed by atoms with Crippen molar-refractivity contribution in [2.45, 2.75) is 17.9 Å². The van der Waals surface area contributed by atoms with Crippen molar-refractivity contribution in [1.29, 1.82) is 0 Å². The third kappa shape index (κ3) is 5.00. The molecule has 0 heterocycles. The van der Waals surface area contributed by atoms with Crippen LogP contribution in [0.1, 0.15) is 12.5 Å². The van der Waals surface area contributed by atoms with Crippen molar-refractivity contribution < 1.29 is 13.5 Å². The van der Waals surface area contributed by atoms with Crippen molar-refractivity contribution >= 4 is 33.4 Å². The fourth-order valence-electron chi connectivity index (χ4n) is 1.55. The highest BCUT2D eigenvalue weighted by Gasteiger charge is 2.20. The van der Waals surface area contributed by atoms with E-state index in [-0.39, 0.29) is 22.6 Å². The van der Waals surface area contributed by atoms with Crippen LogP contribution in [-0.4, -0.2) is 38.2 Å². The van der Waals surface area contributed by atoms with Crippen LogP contribution in [0.2, 0.25) is 5.02 Å². The van der Waals surface area contributed by atoms with Gasteiger partial charge in [-0.15, -0.1) is 0 Å². The van der Waals surface area contributed by atoms with E-state index < -0.39 is 10.0 Å². The molecule has 1 aromatic carbocycles. The van der Waals surface area contributed by atoms with Gasteiger partial charge in [-0.25, -0.2) is 13.1 Å². The van der Waals surface area contributed by atoms with E-state index in [0.717, 1.165) is 0 Å². The van der Waals surface area contributed by atoms with Gasteiger partial charge in [0.25, 0.3) is 0 Å². The smallest absolute Gasteiger partial charge is 0.242 e. The highest BCUT2D eigenvalue weighted by atomic mass is 35.5. The summed E-state index contributed by atoms with van der Waals surface area (Å²) in [5.41, 5.74) is 0.556. The maximum Gasteiger partial charge on any atom is 0.242 e. The molecule has 0 aliphatic carbocycles. The normalized spacial score (nSPS) is 12.6. The molecule has 4 nitrogen and oxygen atoms in total. The van der Waals surface area contributed by atoms with Crippen molar-refractivity contribution in [2.24, 2.45) is 0 Å². The lowest BCUT2D eigenvalue weighted by molar-refractivity contribution is 0.350. The van der Waals surface area contributed by atoms with Crippen molar-refractivity contribution in [2.75, 3.05) is 18.6 Å². The second-order valence-electron chi connectivity index (χ2n) is 4.08. The van der Waals surface area contributed by atoms with Gasteiger partial charge in [-0.1, -0.05) is 23.4 Å². The van der Waals surface area contributed by atoms with Crippen LogP contribution in [0.15, 0.2) is 23.1 Å². The molecule has 0 spiro atoms. The lowest BCUT2D eigenvalue weighted by Crippen LogP contribution is -2.34. The first-order valence-corrected chi connectivity index (χ1v) is 9.06. The van der Waals surface area contributed by atoms with Crippen LogP contribution >= 0.6 is 23.4 Å². The summed E-state index contributed by atoms with van der Waals surface area (Å²) in [6, 6.07) is 4.26. The molecule has 1 atom stereocenters. The van der Waals surface area contributed by atoms with Gasteiger partial charge in [-0.3, -0.25) is 0 Å². The summed E-state index contributed by atoms with van der Waals surface area (Å²) < 4.78 is 26.9. The van der Waals surface area contributed by atoms with Crippen molar-refractivity contribution in [3.8, 4) is 11.8 Å². The van der Waals surface area contributed by atoms with Gasteiger partial charge in [0.15, 0.2) is 0 Å². The minimum Gasteiger partial charge on any atom is -0.384 e. The number of thioether (sulfide) groups is 1. The quantitative estimate of drug-likeness (QED) is 0.805. The Kier molecular flexibility index (Phi) is 6.86. The maximum atomic E-state index is 12.2. The Hall–Kier alpha value is -0.710. The Bertz CT molecular complexity index is 620. The Morgan fingerprint density at radius 1 is 1.50 bits per heavy atom. The fourth-order valence-corrected chi connectivity index (χ4v) is 4.03. The number of nitrogens with one attached hydrogen (secondary N) is 1. The van der Waals surface area contributed by atoms with Gasteiger partial charge >= 0.3 is 0 Å². The molecule has 2 N–H and O–H groups in total. The zero-order chi connectivity index (χ0) is 15.2. The molecule has 0 fully saturated rings. The van der Waals surface area contributed by atoms with E-state index >= 15 is 0 Å². The van der Waals surface area contributed by atoms with Gasteiger partial charge in [0.05, 0.1) is 5.02 Å². The molecule has 7 heteroatoms. The molecule has 0 aliphatic rings. The van der Waals surface area contributed by atoms with Crippen LogP contribution in [0.5, 0.6) is 0 Å². The van der Waals surface area contributed by atoms with E-state index in [4.69, 9.17) is 16.7 Å². The summed E-state index contributed by atoms with van der Waals surface area (Å²) in [4.78, 5) is 0.0293. The van der Waals surface area contributed by atoms with E-state index in [9.17, 15) is 8.42 Å². The van der Waals surface area contributed by atoms with E-state index in [2.05, 4.69) is 16.6 Å². The van der Waals surface area contributed by atoms with Crippen molar-refractivity contribution in [1.82, 2.24) is 4.72 Å². The molecule has 0 aliphatic heterocycles. The minimum atomic E-state index is -3.64. The third-order valence-corrected chi connectivity index (χ3v) is 5.21. The van der Waals surface area contributed by atoms with E-state index in [1.807, 2.05) is 6.26 Å². The molecule has 110 valence electrons. The number of benzene rings is 1. The molecular formula is C13H16ClNO3S2. The lowest BCUT2D eigenvalue weighted by atomic mass is 10.2. The fraction of sp³-hybridized carbons (Fsp3) is 0.385. The SMILES string of the molecule is CSCC(C)NS(=O)(=O)c1ccc(C#CCO)cc1Cl. The summed E-state index contributed by atoms with van der Waals surface area (Å²) >= 11 is 7.56. The Labute approximate surface area is 129 Å². The van der Waals surface area contributed by atoms with Gasteiger partial charge in [0.2, 0.25) is 10.0 Å². The van der Waals surface area contributed by atoms with E-state index in [0.29, 0.717) is 11.3 Å². The van der Waals surface area contributed by atoms with Gasteiger partial charge < -0.3 is 5.11 Å². The zero-order valence-corrected chi connectivity index (χ0v) is 13.6. The highest BCUT2D eigenvalue weighted by molar-refractivity contribution is 7.98. The van der Waals surface area contributed by atoms with E-state index in [1.54, 1.807) is 24.8 Å². The maximum absolute atomic E-state index is 12.2. The molecule has 0 amide bonds. The topological polar surface area (TPSA) is 66.4 Å². The Balaban J connectivity index is 3.01. The Morgan fingerprint density at radius 3 is 2.75 bits per heavy atom. The van der Waals surface area contributed by atoms with Crippen LogP contribution in [0.4, 0.5) is 0 Å². The molecule has 0 radical (unpaired) electrons. The number of rotatable bonds is 5. The van der Waals surface area contributed by atoms with Gasteiger partial charge in [0, 0.05) is 17.4 Å². The zero-order valence-electron chi connectivity index (χ0n) is 11.2. The minimum absolute atomic E-state index is 0.0293. The molecule has 1 aromatic rings. The van der Waals surface area contributed by atoms with Crippen LogP contribution in [0.3, 0.4) is 0 Å². The Morgan fingerprint density at radius 2 is 2.20 bits per heavy atom. The van der Waals surface area contributed by atoms with Crippen molar-refractivity contribution in [3.05, 3.63) is 28.8 Å². The standard InChI is InChI=1S/C13H16ClNO3S2/c1-10(9-19-2)15-20(17,18)13-6-5-11(4-3-7-16)8-12(13)14/h5-6,8,10,15-16H,7,9H2,1-2H3. The van der Waals surface area contributed by atoms with Gasteiger partial charge in [-0.2, -0.15) is 11.8 Å². The van der Waals surface area contributed by atoms with Crippen LogP contribution in [0.25, 0.3) is 0 Å². The number of aliphatic hydroxyl groups excluding tert-OH is 1. The average molecular weight is 334 g/mol. The van der Waals surface area contributed by atoms with Crippen LogP contribution in [-0.2, 0) is 10.0 Å². The third-order valence-electron chi connectivity index (χ3n) is 2.31. The molecule has 0 bridgehead atoms. The number of hydrogen-bond acceptors (Lipinski definition) is 4. The summed E-state index contributed by atoms with van der Waals surface area (Å²) in [7, 11) is -3.64. The summed E-state index contributed by atoms with van der Waals surface area (Å²) in [6.45, 7) is 1.54. The molecule has 20 heavy (non-hydrogen) atoms. The van der Waals surface area contributed by atoms with Crippen LogP contribution in [0, 0.1) is 11.8 Å². The molecule has 1 unspecified atom stereocenters. The number of hydrogen-bond donors (Lipinski definition) is 2. The van der Waals surface area contributed by atoms with Gasteiger partial charge in [-0.05, 0) is 31.4 Å². The second-order valence-corrected chi connectivity index (χ2v) is 7.08. The predicted octanol–water partition coefficient (Wildman–Crippen LogP) is 1.71.